The summed E-state index contributed by atoms with van der Waals surface area (Å²) in [6.45, 7) is 18.5. The van der Waals surface area contributed by atoms with Crippen LogP contribution in [0.2, 0.25) is 0 Å². The van der Waals surface area contributed by atoms with Crippen molar-refractivity contribution < 1.29 is 0 Å². The second-order valence-corrected chi connectivity index (χ2v) is 17.4. The lowest BCUT2D eigenvalue weighted by molar-refractivity contribution is 0.580. The van der Waals surface area contributed by atoms with Gasteiger partial charge in [-0.15, -0.1) is 0 Å². The van der Waals surface area contributed by atoms with Crippen LogP contribution in [0.15, 0.2) is 133 Å². The first-order chi connectivity index (χ1) is 25.8. The van der Waals surface area contributed by atoms with Crippen LogP contribution in [0.25, 0.3) is 72.8 Å². The van der Waals surface area contributed by atoms with E-state index in [1.54, 1.807) is 0 Å². The van der Waals surface area contributed by atoms with Gasteiger partial charge in [-0.2, -0.15) is 0 Å². The molecule has 2 aromatic heterocycles. The predicted octanol–water partition coefficient (Wildman–Crippen LogP) is 12.9. The molecule has 0 saturated carbocycles. The van der Waals surface area contributed by atoms with E-state index < -0.39 is 0 Å². The molecule has 8 aromatic rings. The Bertz CT molecular complexity index is 2740. The van der Waals surface area contributed by atoms with E-state index in [1.807, 2.05) is 18.2 Å². The molecule has 0 amide bonds. The molecule has 1 aliphatic carbocycles. The largest absolute Gasteiger partial charge is 0.309 e. The Morgan fingerprint density at radius 3 is 1.76 bits per heavy atom. The summed E-state index contributed by atoms with van der Waals surface area (Å²) in [4.78, 5) is 15.9. The van der Waals surface area contributed by atoms with Crippen molar-refractivity contribution in [1.82, 2.24) is 19.5 Å². The minimum atomic E-state index is -0.196. The minimum absolute atomic E-state index is 0.0431. The third-order valence-corrected chi connectivity index (χ3v) is 11.4. The summed E-state index contributed by atoms with van der Waals surface area (Å²) in [5.74, 6) is 2.02. The maximum atomic E-state index is 5.40. The predicted molar refractivity (Wildman–Crippen MR) is 225 cm³/mol. The van der Waals surface area contributed by atoms with Gasteiger partial charge in [-0.3, -0.25) is 0 Å². The fourth-order valence-electron chi connectivity index (χ4n) is 8.23. The molecule has 0 unspecified atom stereocenters. The van der Waals surface area contributed by atoms with Gasteiger partial charge in [0.15, 0.2) is 17.5 Å². The van der Waals surface area contributed by atoms with Crippen LogP contribution in [0, 0.1) is 0 Å². The molecular weight excluding hydrogens is 657 g/mol. The lowest BCUT2D eigenvalue weighted by atomic mass is 9.77. The van der Waals surface area contributed by atoms with Gasteiger partial charge in [-0.1, -0.05) is 146 Å². The lowest BCUT2D eigenvalue weighted by Crippen LogP contribution is -2.19. The van der Waals surface area contributed by atoms with E-state index in [-0.39, 0.29) is 16.2 Å². The van der Waals surface area contributed by atoms with E-state index >= 15 is 0 Å². The Balaban J connectivity index is 1.31. The molecule has 4 nitrogen and oxygen atoms in total. The monoisotopic (exact) mass is 702 g/mol. The van der Waals surface area contributed by atoms with Gasteiger partial charge in [0.1, 0.15) is 0 Å². The normalized spacial score (nSPS) is 13.7. The Morgan fingerprint density at radius 1 is 0.463 bits per heavy atom. The van der Waals surface area contributed by atoms with Crippen molar-refractivity contribution >= 4 is 21.8 Å². The van der Waals surface area contributed by atoms with Crippen LogP contribution in [0.3, 0.4) is 0 Å². The van der Waals surface area contributed by atoms with Crippen LogP contribution >= 0.6 is 0 Å². The second kappa shape index (κ2) is 12.1. The summed E-state index contributed by atoms with van der Waals surface area (Å²) in [6.07, 6.45) is 0. The highest BCUT2D eigenvalue weighted by atomic mass is 15.0. The van der Waals surface area contributed by atoms with Crippen molar-refractivity contribution in [3.05, 3.63) is 156 Å². The zero-order valence-electron chi connectivity index (χ0n) is 32.5. The van der Waals surface area contributed by atoms with Crippen molar-refractivity contribution in [1.29, 1.82) is 0 Å². The van der Waals surface area contributed by atoms with Crippen LogP contribution < -0.4 is 0 Å². The Morgan fingerprint density at radius 2 is 1.06 bits per heavy atom. The van der Waals surface area contributed by atoms with Crippen LogP contribution in [0.5, 0.6) is 0 Å². The number of hydrogen-bond donors (Lipinski definition) is 0. The lowest BCUT2D eigenvalue weighted by Gasteiger charge is -2.27. The number of hydrogen-bond acceptors (Lipinski definition) is 3. The fraction of sp³-hybridized carbons (Fsp3) is 0.220. The molecular formula is C50H46N4. The Labute approximate surface area is 318 Å². The average Bonchev–Trinajstić information content (AvgIpc) is 3.62. The van der Waals surface area contributed by atoms with Gasteiger partial charge < -0.3 is 4.57 Å². The molecule has 0 bridgehead atoms. The third-order valence-electron chi connectivity index (χ3n) is 11.4. The Hall–Kier alpha value is -5.87. The first-order valence-corrected chi connectivity index (χ1v) is 19.0. The highest BCUT2D eigenvalue weighted by molar-refractivity contribution is 6.10. The van der Waals surface area contributed by atoms with Crippen molar-refractivity contribution in [2.24, 2.45) is 0 Å². The van der Waals surface area contributed by atoms with E-state index in [0.29, 0.717) is 17.5 Å². The number of rotatable bonds is 4. The van der Waals surface area contributed by atoms with Gasteiger partial charge in [0, 0.05) is 38.6 Å². The zero-order valence-corrected chi connectivity index (χ0v) is 32.5. The highest BCUT2D eigenvalue weighted by Crippen LogP contribution is 2.54. The van der Waals surface area contributed by atoms with Gasteiger partial charge in [-0.05, 0) is 86.7 Å². The second-order valence-electron chi connectivity index (χ2n) is 17.4. The molecule has 266 valence electrons. The van der Waals surface area contributed by atoms with Gasteiger partial charge in [0.25, 0.3) is 0 Å². The molecule has 6 aromatic carbocycles. The number of aromatic nitrogens is 4. The molecule has 0 aliphatic heterocycles. The SMILES string of the molecule is CC(C)(C)c1ccc2c(c1)C(C)(C)c1cc(C(C)(C)C)cc(-c3nc(-c4ccccc4)nc(-c4ccc5c(c4)c4ccccc4n5-c4ccccc4)n3)c1-2. The van der Waals surface area contributed by atoms with E-state index in [2.05, 4.69) is 175 Å². The van der Waals surface area contributed by atoms with Crippen molar-refractivity contribution in [2.45, 2.75) is 71.6 Å². The first-order valence-electron chi connectivity index (χ1n) is 19.0. The first kappa shape index (κ1) is 33.9. The quantitative estimate of drug-likeness (QED) is 0.183. The molecule has 0 atom stereocenters. The van der Waals surface area contributed by atoms with E-state index in [9.17, 15) is 0 Å². The number of benzene rings is 6. The average molecular weight is 703 g/mol. The summed E-state index contributed by atoms with van der Waals surface area (Å²) < 4.78 is 2.34. The summed E-state index contributed by atoms with van der Waals surface area (Å²) >= 11 is 0. The van der Waals surface area contributed by atoms with Gasteiger partial charge in [0.05, 0.1) is 11.0 Å². The summed E-state index contributed by atoms with van der Waals surface area (Å²) in [5, 5.41) is 2.36. The molecule has 0 N–H and O–H groups in total. The molecule has 9 rings (SSSR count). The van der Waals surface area contributed by atoms with Crippen molar-refractivity contribution in [2.75, 3.05) is 0 Å². The molecule has 54 heavy (non-hydrogen) atoms. The third kappa shape index (κ3) is 5.46. The van der Waals surface area contributed by atoms with Gasteiger partial charge in [0.2, 0.25) is 0 Å². The molecule has 2 heterocycles. The van der Waals surface area contributed by atoms with Crippen LogP contribution in [0.1, 0.15) is 77.6 Å². The van der Waals surface area contributed by atoms with E-state index in [1.165, 1.54) is 44.3 Å². The fourth-order valence-corrected chi connectivity index (χ4v) is 8.23. The molecule has 0 spiro atoms. The van der Waals surface area contributed by atoms with Gasteiger partial charge in [-0.25, -0.2) is 15.0 Å². The molecule has 4 heteroatoms. The molecule has 0 radical (unpaired) electrons. The summed E-state index contributed by atoms with van der Waals surface area (Å²) in [5.41, 5.74) is 14.0. The number of fused-ring (bicyclic) bond motifs is 6. The summed E-state index contributed by atoms with van der Waals surface area (Å²) in [7, 11) is 0. The van der Waals surface area contributed by atoms with E-state index in [4.69, 9.17) is 15.0 Å². The molecule has 0 fully saturated rings. The zero-order chi connectivity index (χ0) is 37.6. The van der Waals surface area contributed by atoms with Crippen LogP contribution in [-0.2, 0) is 16.2 Å². The highest BCUT2D eigenvalue weighted by Gasteiger charge is 2.39. The van der Waals surface area contributed by atoms with Crippen molar-refractivity contribution in [3.8, 4) is 51.0 Å². The smallest absolute Gasteiger partial charge is 0.164 e. The number of nitrogens with zero attached hydrogens (tertiary/aromatic N) is 4. The topological polar surface area (TPSA) is 43.6 Å². The van der Waals surface area contributed by atoms with Crippen LogP contribution in [-0.4, -0.2) is 19.5 Å². The van der Waals surface area contributed by atoms with E-state index in [0.717, 1.165) is 33.3 Å². The molecule has 0 saturated heterocycles. The van der Waals surface area contributed by atoms with Crippen molar-refractivity contribution in [3.63, 3.8) is 0 Å². The number of para-hydroxylation sites is 2. The summed E-state index contributed by atoms with van der Waals surface area (Å²) in [6, 6.07) is 48.0. The minimum Gasteiger partial charge on any atom is -0.309 e. The maximum Gasteiger partial charge on any atom is 0.164 e. The maximum absolute atomic E-state index is 5.40. The molecule has 1 aliphatic rings. The standard InChI is InChI=1S/C50H46N4/c1-48(2,3)33-24-25-37-40(29-33)50(7,8)41-30-34(49(4,5)6)28-39(44(37)41)47-52-45(31-17-11-9-12-18-31)51-46(53-47)32-23-26-43-38(27-32)36-21-15-16-22-42(36)54(43)35-19-13-10-14-20-35/h9-30H,1-8H3. The van der Waals surface area contributed by atoms with Gasteiger partial charge >= 0.3 is 0 Å². The van der Waals surface area contributed by atoms with Crippen LogP contribution in [0.4, 0.5) is 0 Å². The Kier molecular flexibility index (Phi) is 7.59.